The molecular weight excluding hydrogens is 598 g/mol. The third-order valence-electron chi connectivity index (χ3n) is 12.5. The molecule has 256 valence electrons. The summed E-state index contributed by atoms with van der Waals surface area (Å²) in [6.07, 6.45) is 2.18. The van der Waals surface area contributed by atoms with E-state index >= 15 is 0 Å². The van der Waals surface area contributed by atoms with E-state index in [0.29, 0.717) is 24.7 Å². The number of esters is 4. The second-order valence-corrected chi connectivity index (χ2v) is 14.6. The van der Waals surface area contributed by atoms with Gasteiger partial charge in [0.25, 0.3) is 0 Å². The molecule has 0 spiro atoms. The van der Waals surface area contributed by atoms with Gasteiger partial charge in [0.15, 0.2) is 24.6 Å². The highest BCUT2D eigenvalue weighted by molar-refractivity contribution is 5.74. The number of carbonyl (C=O) groups excluding carboxylic acids is 4. The van der Waals surface area contributed by atoms with Gasteiger partial charge in [0, 0.05) is 25.7 Å². The summed E-state index contributed by atoms with van der Waals surface area (Å²) in [7, 11) is 1.43. The molecule has 0 bridgehead atoms. The zero-order valence-corrected chi connectivity index (χ0v) is 28.1. The van der Waals surface area contributed by atoms with Crippen molar-refractivity contribution < 1.29 is 47.6 Å². The van der Waals surface area contributed by atoms with Gasteiger partial charge in [-0.1, -0.05) is 19.0 Å². The first-order valence-corrected chi connectivity index (χ1v) is 16.7. The Morgan fingerprint density at radius 3 is 2.11 bits per heavy atom. The fraction of sp³-hybridized carbons (Fsp3) is 0.879. The van der Waals surface area contributed by atoms with Gasteiger partial charge in [-0.2, -0.15) is 0 Å². The lowest BCUT2D eigenvalue weighted by Gasteiger charge is -2.64. The van der Waals surface area contributed by atoms with Gasteiger partial charge in [-0.15, -0.1) is 0 Å². The molecule has 2 unspecified atom stereocenters. The topological polar surface area (TPSA) is 172 Å². The molecule has 5 rings (SSSR count). The van der Waals surface area contributed by atoms with E-state index in [2.05, 4.69) is 23.9 Å². The summed E-state index contributed by atoms with van der Waals surface area (Å²) in [5.41, 5.74) is 8.70. The van der Waals surface area contributed by atoms with Crippen molar-refractivity contribution in [1.29, 1.82) is 0 Å². The Morgan fingerprint density at radius 1 is 0.826 bits per heavy atom. The van der Waals surface area contributed by atoms with Crippen molar-refractivity contribution in [3.8, 4) is 0 Å². The maximum absolute atomic E-state index is 12.9. The summed E-state index contributed by atoms with van der Waals surface area (Å²) in [6, 6.07) is 0. The highest BCUT2D eigenvalue weighted by Crippen LogP contribution is 2.70. The van der Waals surface area contributed by atoms with E-state index < -0.39 is 59.6 Å². The van der Waals surface area contributed by atoms with Gasteiger partial charge in [-0.3, -0.25) is 19.2 Å². The summed E-state index contributed by atoms with van der Waals surface area (Å²) < 4.78 is 34.5. The number of rotatable bonds is 7. The molecule has 13 atom stereocenters. The largest absolute Gasteiger partial charge is 0.469 e. The smallest absolute Gasteiger partial charge is 0.309 e. The van der Waals surface area contributed by atoms with Crippen LogP contribution in [0.1, 0.15) is 99.3 Å². The van der Waals surface area contributed by atoms with Crippen molar-refractivity contribution in [2.75, 3.05) is 7.11 Å². The number of nitrogens with zero attached hydrogens (tertiary/aromatic N) is 3. The van der Waals surface area contributed by atoms with Crippen LogP contribution < -0.4 is 0 Å². The molecule has 0 aromatic carbocycles. The van der Waals surface area contributed by atoms with Crippen LogP contribution in [0.3, 0.4) is 0 Å². The molecule has 13 nitrogen and oxygen atoms in total. The molecule has 5 aliphatic rings. The number of ether oxygens (including phenoxy) is 6. The molecule has 1 heterocycles. The van der Waals surface area contributed by atoms with Crippen molar-refractivity contribution in [3.63, 3.8) is 0 Å². The second kappa shape index (κ2) is 13.0. The number of methoxy groups -OCH3 is 1. The predicted octanol–water partition coefficient (Wildman–Crippen LogP) is 5.18. The van der Waals surface area contributed by atoms with Gasteiger partial charge in [-0.25, -0.2) is 0 Å². The zero-order valence-electron chi connectivity index (χ0n) is 28.1. The Kier molecular flexibility index (Phi) is 9.70. The minimum atomic E-state index is -1.13. The lowest BCUT2D eigenvalue weighted by atomic mass is 9.42. The minimum absolute atomic E-state index is 0.0118. The Hall–Kier alpha value is -2.89. The average molecular weight is 648 g/mol. The van der Waals surface area contributed by atoms with Crippen LogP contribution in [0.15, 0.2) is 5.11 Å². The number of azide groups is 1. The lowest BCUT2D eigenvalue weighted by molar-refractivity contribution is -0.315. The van der Waals surface area contributed by atoms with Gasteiger partial charge in [-0.05, 0) is 98.8 Å². The number of carbonyl (C=O) groups is 4. The maximum atomic E-state index is 12.9. The molecule has 1 saturated heterocycles. The molecular formula is C33H49N3O10. The Balaban J connectivity index is 1.35. The fourth-order valence-electron chi connectivity index (χ4n) is 10.4. The van der Waals surface area contributed by atoms with E-state index in [1.807, 2.05) is 0 Å². The lowest BCUT2D eigenvalue weighted by Crippen LogP contribution is -2.63. The molecule has 0 aromatic rings. The zero-order chi connectivity index (χ0) is 33.6. The molecule has 0 N–H and O–H groups in total. The highest BCUT2D eigenvalue weighted by Gasteiger charge is 2.69. The first kappa shape index (κ1) is 34.4. The molecule has 0 aromatic heterocycles. The van der Waals surface area contributed by atoms with E-state index in [4.69, 9.17) is 28.4 Å². The van der Waals surface area contributed by atoms with Crippen LogP contribution >= 0.6 is 0 Å². The van der Waals surface area contributed by atoms with Gasteiger partial charge in [0.2, 0.25) is 0 Å². The second-order valence-electron chi connectivity index (χ2n) is 14.6. The standard InChI is InChI=1S/C33H49N3O10/c1-17-26(43-18(2)37)27(44-19(3)38)28(45-20(4)39)30(42-17)46-22-10-13-31(5)21(16-22)8-9-24-23(31)11-14-32(6)25(29(40)41-7)12-15-33(24,32)35-36-34/h17,21-28,30H,8-16H2,1-7H3/t17-,21?,22-,23-,24+,25+,26-,27+,28+,30-,31-,32+,33?/m0/s1. The quantitative estimate of drug-likeness (QED) is 0.0895. The normalized spacial score (nSPS) is 44.7. The van der Waals surface area contributed by atoms with Crippen LogP contribution in [-0.2, 0) is 47.6 Å². The van der Waals surface area contributed by atoms with Crippen LogP contribution in [0.4, 0.5) is 0 Å². The number of hydrogen-bond donors (Lipinski definition) is 0. The summed E-state index contributed by atoms with van der Waals surface area (Å²) in [4.78, 5) is 52.3. The molecule has 0 amide bonds. The van der Waals surface area contributed by atoms with Crippen LogP contribution in [0, 0.1) is 34.5 Å². The predicted molar refractivity (Wildman–Crippen MR) is 161 cm³/mol. The van der Waals surface area contributed by atoms with Gasteiger partial charge in [0.05, 0.1) is 30.8 Å². The first-order valence-electron chi connectivity index (χ1n) is 16.7. The maximum Gasteiger partial charge on any atom is 0.309 e. The van der Waals surface area contributed by atoms with E-state index in [9.17, 15) is 24.7 Å². The van der Waals surface area contributed by atoms with Crippen LogP contribution in [0.5, 0.6) is 0 Å². The minimum Gasteiger partial charge on any atom is -0.469 e. The summed E-state index contributed by atoms with van der Waals surface area (Å²) in [6.45, 7) is 9.94. The van der Waals surface area contributed by atoms with Crippen molar-refractivity contribution in [3.05, 3.63) is 10.4 Å². The third kappa shape index (κ3) is 5.76. The van der Waals surface area contributed by atoms with Crippen molar-refractivity contribution in [1.82, 2.24) is 0 Å². The van der Waals surface area contributed by atoms with E-state index in [1.54, 1.807) is 6.92 Å². The number of fused-ring (bicyclic) bond motifs is 5. The van der Waals surface area contributed by atoms with Gasteiger partial charge in [0.1, 0.15) is 0 Å². The Labute approximate surface area is 270 Å². The van der Waals surface area contributed by atoms with E-state index in [-0.39, 0.29) is 29.3 Å². The van der Waals surface area contributed by atoms with Gasteiger partial charge >= 0.3 is 23.9 Å². The van der Waals surface area contributed by atoms with Crippen LogP contribution in [0.25, 0.3) is 10.4 Å². The summed E-state index contributed by atoms with van der Waals surface area (Å²) in [5.74, 6) is -1.45. The molecule has 0 radical (unpaired) electrons. The molecule has 4 aliphatic carbocycles. The molecule has 13 heteroatoms. The monoisotopic (exact) mass is 647 g/mol. The van der Waals surface area contributed by atoms with E-state index in [0.717, 1.165) is 44.9 Å². The van der Waals surface area contributed by atoms with Crippen molar-refractivity contribution >= 4 is 23.9 Å². The molecule has 1 aliphatic heterocycles. The van der Waals surface area contributed by atoms with Crippen LogP contribution in [-0.4, -0.2) is 73.3 Å². The SMILES string of the molecule is COC(=O)[C@H]1CCC2(N=[N+]=[N-])[C@@H]3CCC4C[C@@H](O[C@@H]5O[C@@H](C)[C@H](OC(C)=O)[C@@H](OC(C)=O)[C@H]5OC(C)=O)CC[C@]4(C)[C@H]3CC[C@]12C. The Morgan fingerprint density at radius 2 is 1.48 bits per heavy atom. The summed E-state index contributed by atoms with van der Waals surface area (Å²) in [5, 5.41) is 4.57. The van der Waals surface area contributed by atoms with Crippen LogP contribution in [0.2, 0.25) is 0 Å². The van der Waals surface area contributed by atoms with Gasteiger partial charge < -0.3 is 28.4 Å². The first-order chi connectivity index (χ1) is 21.7. The fourth-order valence-corrected chi connectivity index (χ4v) is 10.4. The highest BCUT2D eigenvalue weighted by atomic mass is 16.7. The summed E-state index contributed by atoms with van der Waals surface area (Å²) >= 11 is 0. The Bertz CT molecular complexity index is 1270. The molecule has 4 saturated carbocycles. The third-order valence-corrected chi connectivity index (χ3v) is 12.5. The average Bonchev–Trinajstić information content (AvgIpc) is 3.29. The number of hydrogen-bond acceptors (Lipinski definition) is 11. The van der Waals surface area contributed by atoms with E-state index in [1.165, 1.54) is 27.9 Å². The molecule has 46 heavy (non-hydrogen) atoms. The van der Waals surface area contributed by atoms with Crippen molar-refractivity contribution in [2.24, 2.45) is 39.6 Å². The molecule has 5 fully saturated rings. The van der Waals surface area contributed by atoms with Crippen molar-refractivity contribution in [2.45, 2.75) is 142 Å².